The van der Waals surface area contributed by atoms with E-state index < -0.39 is 0 Å². The number of rotatable bonds is 3. The Morgan fingerprint density at radius 3 is 2.55 bits per heavy atom. The van der Waals surface area contributed by atoms with Crippen LogP contribution in [0.1, 0.15) is 46.5 Å². The molecule has 2 aliphatic heterocycles. The molecule has 1 atom stereocenters. The van der Waals surface area contributed by atoms with Gasteiger partial charge in [-0.2, -0.15) is 11.8 Å². The van der Waals surface area contributed by atoms with Crippen LogP contribution in [0.4, 0.5) is 0 Å². The normalized spacial score (nSPS) is 33.6. The Morgan fingerprint density at radius 2 is 1.85 bits per heavy atom. The third-order valence-corrected chi connectivity index (χ3v) is 6.72. The van der Waals surface area contributed by atoms with E-state index in [1.165, 1.54) is 64.2 Å². The van der Waals surface area contributed by atoms with Crippen LogP contribution in [-0.2, 0) is 0 Å². The van der Waals surface area contributed by atoms with Crippen LogP contribution >= 0.6 is 11.8 Å². The molecular weight excluding hydrogens is 266 g/mol. The first kappa shape index (κ1) is 16.6. The fraction of sp³-hybridized carbons (Fsp3) is 1.00. The number of hydrogen-bond donors (Lipinski definition) is 1. The predicted molar refractivity (Wildman–Crippen MR) is 90.5 cm³/mol. The second-order valence-corrected chi connectivity index (χ2v) is 8.86. The molecule has 4 heteroatoms. The highest BCUT2D eigenvalue weighted by molar-refractivity contribution is 8.00. The molecule has 0 spiro atoms. The van der Waals surface area contributed by atoms with E-state index in [1.54, 1.807) is 0 Å². The average molecular weight is 300 g/mol. The molecule has 0 aromatic rings. The molecule has 2 aliphatic rings. The largest absolute Gasteiger partial charge is 0.329 e. The van der Waals surface area contributed by atoms with Crippen molar-refractivity contribution in [3.05, 3.63) is 0 Å². The van der Waals surface area contributed by atoms with Crippen LogP contribution < -0.4 is 5.73 Å². The van der Waals surface area contributed by atoms with E-state index in [-0.39, 0.29) is 5.54 Å². The van der Waals surface area contributed by atoms with Crippen molar-refractivity contribution in [1.82, 2.24) is 9.80 Å². The number of nitrogens with two attached hydrogens (primary N) is 1. The van der Waals surface area contributed by atoms with Crippen LogP contribution in [-0.4, -0.2) is 65.1 Å². The summed E-state index contributed by atoms with van der Waals surface area (Å²) in [6.45, 7) is 14.0. The minimum absolute atomic E-state index is 0.269. The monoisotopic (exact) mass is 299 g/mol. The molecule has 0 amide bonds. The topological polar surface area (TPSA) is 32.5 Å². The lowest BCUT2D eigenvalue weighted by molar-refractivity contribution is 0.0834. The summed E-state index contributed by atoms with van der Waals surface area (Å²) in [7, 11) is 0. The van der Waals surface area contributed by atoms with Crippen molar-refractivity contribution in [3.63, 3.8) is 0 Å². The maximum Gasteiger partial charge on any atom is 0.0344 e. The van der Waals surface area contributed by atoms with Crippen molar-refractivity contribution in [2.45, 2.75) is 56.7 Å². The van der Waals surface area contributed by atoms with Gasteiger partial charge in [0.25, 0.3) is 0 Å². The van der Waals surface area contributed by atoms with Crippen LogP contribution in [0.5, 0.6) is 0 Å². The SMILES string of the molecule is CCN1CCCC(CN)(N2CCSC(C)(C)CC2)CC1. The van der Waals surface area contributed by atoms with E-state index in [4.69, 9.17) is 5.73 Å². The van der Waals surface area contributed by atoms with Crippen molar-refractivity contribution in [2.24, 2.45) is 5.73 Å². The van der Waals surface area contributed by atoms with Gasteiger partial charge in [0, 0.05) is 35.7 Å². The second-order valence-electron chi connectivity index (χ2n) is 7.06. The van der Waals surface area contributed by atoms with Crippen LogP contribution in [0.2, 0.25) is 0 Å². The fourth-order valence-corrected chi connectivity index (χ4v) is 4.79. The minimum Gasteiger partial charge on any atom is -0.329 e. The molecule has 0 aliphatic carbocycles. The van der Waals surface area contributed by atoms with Crippen molar-refractivity contribution >= 4 is 11.8 Å². The highest BCUT2D eigenvalue weighted by atomic mass is 32.2. The molecule has 2 heterocycles. The lowest BCUT2D eigenvalue weighted by Crippen LogP contribution is -2.55. The first-order valence-corrected chi connectivity index (χ1v) is 9.31. The molecule has 3 nitrogen and oxygen atoms in total. The molecular formula is C16H33N3S. The Bertz CT molecular complexity index is 308. The van der Waals surface area contributed by atoms with E-state index in [9.17, 15) is 0 Å². The summed E-state index contributed by atoms with van der Waals surface area (Å²) >= 11 is 2.14. The van der Waals surface area contributed by atoms with E-state index in [2.05, 4.69) is 42.3 Å². The molecule has 2 N–H and O–H groups in total. The van der Waals surface area contributed by atoms with Crippen LogP contribution in [0, 0.1) is 0 Å². The molecule has 0 radical (unpaired) electrons. The zero-order valence-corrected chi connectivity index (χ0v) is 14.5. The summed E-state index contributed by atoms with van der Waals surface area (Å²) in [5.74, 6) is 1.26. The van der Waals surface area contributed by atoms with Crippen molar-refractivity contribution in [1.29, 1.82) is 0 Å². The zero-order valence-electron chi connectivity index (χ0n) is 13.7. The van der Waals surface area contributed by atoms with E-state index in [1.807, 2.05) is 0 Å². The fourth-order valence-electron chi connectivity index (χ4n) is 3.70. The van der Waals surface area contributed by atoms with Crippen LogP contribution in [0.3, 0.4) is 0 Å². The highest BCUT2D eigenvalue weighted by Gasteiger charge is 2.38. The maximum atomic E-state index is 6.28. The van der Waals surface area contributed by atoms with Gasteiger partial charge in [-0.1, -0.05) is 20.8 Å². The Hall–Kier alpha value is 0.230. The summed E-state index contributed by atoms with van der Waals surface area (Å²) < 4.78 is 0.435. The Labute approximate surface area is 129 Å². The molecule has 0 bridgehead atoms. The van der Waals surface area contributed by atoms with Gasteiger partial charge < -0.3 is 10.6 Å². The number of hydrogen-bond acceptors (Lipinski definition) is 4. The van der Waals surface area contributed by atoms with Crippen molar-refractivity contribution in [3.8, 4) is 0 Å². The van der Waals surface area contributed by atoms with Gasteiger partial charge in [-0.3, -0.25) is 4.90 Å². The van der Waals surface area contributed by atoms with Gasteiger partial charge >= 0.3 is 0 Å². The molecule has 20 heavy (non-hydrogen) atoms. The van der Waals surface area contributed by atoms with Gasteiger partial charge in [0.15, 0.2) is 0 Å². The second kappa shape index (κ2) is 6.99. The number of thioether (sulfide) groups is 1. The highest BCUT2D eigenvalue weighted by Crippen LogP contribution is 2.35. The summed E-state index contributed by atoms with van der Waals surface area (Å²) in [4.78, 5) is 5.34. The predicted octanol–water partition coefficient (Wildman–Crippen LogP) is 2.41. The Morgan fingerprint density at radius 1 is 1.05 bits per heavy atom. The molecule has 118 valence electrons. The summed E-state index contributed by atoms with van der Waals surface area (Å²) in [6, 6.07) is 0. The summed E-state index contributed by atoms with van der Waals surface area (Å²) in [5.41, 5.74) is 6.55. The number of nitrogens with zero attached hydrogens (tertiary/aromatic N) is 2. The third kappa shape index (κ3) is 3.90. The standard InChI is InChI=1S/C16H33N3S/c1-4-18-9-5-6-16(14-17,8-10-18)19-11-7-15(2,3)20-13-12-19/h4-14,17H2,1-3H3. The van der Waals surface area contributed by atoms with Gasteiger partial charge in [0.2, 0.25) is 0 Å². The molecule has 0 aromatic carbocycles. The molecule has 0 aromatic heterocycles. The van der Waals surface area contributed by atoms with Crippen molar-refractivity contribution in [2.75, 3.05) is 45.0 Å². The van der Waals surface area contributed by atoms with Gasteiger partial charge in [0.1, 0.15) is 0 Å². The average Bonchev–Trinajstić information content (AvgIpc) is 2.75. The number of likely N-dealkylation sites (tertiary alicyclic amines) is 1. The molecule has 2 rings (SSSR count). The van der Waals surface area contributed by atoms with E-state index in [0.717, 1.165) is 6.54 Å². The van der Waals surface area contributed by atoms with Gasteiger partial charge in [-0.15, -0.1) is 0 Å². The Balaban J connectivity index is 2.06. The van der Waals surface area contributed by atoms with E-state index >= 15 is 0 Å². The quantitative estimate of drug-likeness (QED) is 0.867. The third-order valence-electron chi connectivity index (χ3n) is 5.35. The lowest BCUT2D eigenvalue weighted by atomic mass is 9.87. The summed E-state index contributed by atoms with van der Waals surface area (Å²) in [6.07, 6.45) is 5.13. The van der Waals surface area contributed by atoms with Crippen LogP contribution in [0.25, 0.3) is 0 Å². The van der Waals surface area contributed by atoms with Gasteiger partial charge in [-0.05, 0) is 45.3 Å². The molecule has 0 saturated carbocycles. The van der Waals surface area contributed by atoms with Gasteiger partial charge in [-0.25, -0.2) is 0 Å². The lowest BCUT2D eigenvalue weighted by Gasteiger charge is -2.43. The first-order chi connectivity index (χ1) is 9.51. The first-order valence-electron chi connectivity index (χ1n) is 8.33. The van der Waals surface area contributed by atoms with Crippen molar-refractivity contribution < 1.29 is 0 Å². The minimum atomic E-state index is 0.269. The molecule has 1 unspecified atom stereocenters. The van der Waals surface area contributed by atoms with Gasteiger partial charge in [0.05, 0.1) is 0 Å². The molecule has 2 saturated heterocycles. The Kier molecular flexibility index (Phi) is 5.80. The zero-order chi connectivity index (χ0) is 14.6. The smallest absolute Gasteiger partial charge is 0.0344 e. The van der Waals surface area contributed by atoms with Crippen LogP contribution in [0.15, 0.2) is 0 Å². The summed E-state index contributed by atoms with van der Waals surface area (Å²) in [5, 5.41) is 0. The molecule has 2 fully saturated rings. The van der Waals surface area contributed by atoms with E-state index in [0.29, 0.717) is 4.75 Å². The maximum absolute atomic E-state index is 6.28.